The molecule has 0 saturated heterocycles. The first-order valence-corrected chi connectivity index (χ1v) is 5.69. The Labute approximate surface area is 117 Å². The molecule has 0 aliphatic carbocycles. The molecule has 2 aromatic rings. The highest BCUT2D eigenvalue weighted by Crippen LogP contribution is 2.27. The molecule has 3 N–H and O–H groups in total. The number of anilines is 2. The average Bonchev–Trinajstić information content (AvgIpc) is 2.42. The number of nitrogen functional groups attached to an aromatic ring is 1. The maximum atomic E-state index is 13.4. The van der Waals surface area contributed by atoms with Crippen LogP contribution in [0.5, 0.6) is 0 Å². The van der Waals surface area contributed by atoms with Gasteiger partial charge in [-0.25, -0.2) is 8.78 Å². The van der Waals surface area contributed by atoms with Crippen LogP contribution in [0.15, 0.2) is 36.4 Å². The molecule has 0 aliphatic rings. The third kappa shape index (κ3) is 2.94. The van der Waals surface area contributed by atoms with Gasteiger partial charge in [0.2, 0.25) is 0 Å². The Hall–Kier alpha value is -3.03. The van der Waals surface area contributed by atoms with Crippen LogP contribution in [-0.4, -0.2) is 10.8 Å². The fourth-order valence-corrected chi connectivity index (χ4v) is 1.73. The maximum absolute atomic E-state index is 13.4. The number of nitrogens with two attached hydrogens (primary N) is 1. The zero-order chi connectivity index (χ0) is 15.6. The molecule has 2 rings (SSSR count). The fraction of sp³-hybridized carbons (Fsp3) is 0. The number of carbonyl (C=O) groups is 1. The normalized spacial score (nSPS) is 10.2. The second kappa shape index (κ2) is 5.53. The molecule has 6 nitrogen and oxygen atoms in total. The predicted molar refractivity (Wildman–Crippen MR) is 71.8 cm³/mol. The third-order valence-corrected chi connectivity index (χ3v) is 2.67. The number of hydrogen-bond acceptors (Lipinski definition) is 4. The molecule has 108 valence electrons. The molecule has 0 saturated carbocycles. The van der Waals surface area contributed by atoms with Gasteiger partial charge in [-0.15, -0.1) is 0 Å². The number of halogens is 2. The molecule has 1 amide bonds. The molecule has 0 aromatic heterocycles. The summed E-state index contributed by atoms with van der Waals surface area (Å²) in [7, 11) is 0. The molecule has 21 heavy (non-hydrogen) atoms. The van der Waals surface area contributed by atoms with Crippen LogP contribution in [0, 0.1) is 21.7 Å². The first kappa shape index (κ1) is 14.4. The number of hydrogen-bond donors (Lipinski definition) is 2. The van der Waals surface area contributed by atoms with Crippen molar-refractivity contribution in [2.24, 2.45) is 0 Å². The van der Waals surface area contributed by atoms with Gasteiger partial charge < -0.3 is 11.1 Å². The Bertz CT molecular complexity index is 735. The number of nitro groups is 1. The van der Waals surface area contributed by atoms with Crippen molar-refractivity contribution in [3.05, 3.63) is 63.7 Å². The zero-order valence-electron chi connectivity index (χ0n) is 10.5. The fourth-order valence-electron chi connectivity index (χ4n) is 1.73. The molecule has 0 aliphatic heterocycles. The van der Waals surface area contributed by atoms with E-state index in [1.807, 2.05) is 0 Å². The van der Waals surface area contributed by atoms with Crippen molar-refractivity contribution in [1.82, 2.24) is 0 Å². The van der Waals surface area contributed by atoms with Crippen LogP contribution < -0.4 is 11.1 Å². The topological polar surface area (TPSA) is 98.3 Å². The van der Waals surface area contributed by atoms with Crippen molar-refractivity contribution in [1.29, 1.82) is 0 Å². The summed E-state index contributed by atoms with van der Waals surface area (Å²) in [5, 5.41) is 13.0. The number of benzene rings is 2. The molecule has 0 atom stereocenters. The van der Waals surface area contributed by atoms with Crippen molar-refractivity contribution >= 4 is 23.0 Å². The van der Waals surface area contributed by atoms with E-state index in [0.717, 1.165) is 18.2 Å². The molecular weight excluding hydrogens is 284 g/mol. The van der Waals surface area contributed by atoms with Crippen molar-refractivity contribution in [3.8, 4) is 0 Å². The van der Waals surface area contributed by atoms with Gasteiger partial charge in [0.05, 0.1) is 10.6 Å². The summed E-state index contributed by atoms with van der Waals surface area (Å²) in [6.07, 6.45) is 0. The standard InChI is InChI=1S/C13H9F2N3O3/c14-7-4-5-9(15)11(6-7)17-13(19)8-2-1-3-10(16)12(8)18(20)21/h1-6H,16H2,(H,17,19). The van der Waals surface area contributed by atoms with E-state index in [0.29, 0.717) is 0 Å². The Morgan fingerprint density at radius 1 is 1.24 bits per heavy atom. The third-order valence-electron chi connectivity index (χ3n) is 2.67. The molecule has 0 fully saturated rings. The van der Waals surface area contributed by atoms with E-state index in [1.54, 1.807) is 0 Å². The van der Waals surface area contributed by atoms with Gasteiger partial charge in [0.1, 0.15) is 22.9 Å². The number of carbonyl (C=O) groups excluding carboxylic acids is 1. The van der Waals surface area contributed by atoms with E-state index in [4.69, 9.17) is 5.73 Å². The summed E-state index contributed by atoms with van der Waals surface area (Å²) in [5.41, 5.74) is 3.90. The number of nitro benzene ring substituents is 1. The maximum Gasteiger partial charge on any atom is 0.304 e. The van der Waals surface area contributed by atoms with E-state index in [9.17, 15) is 23.7 Å². The lowest BCUT2D eigenvalue weighted by Gasteiger charge is -2.08. The van der Waals surface area contributed by atoms with E-state index in [1.165, 1.54) is 18.2 Å². The Morgan fingerprint density at radius 3 is 2.62 bits per heavy atom. The molecule has 2 aromatic carbocycles. The number of para-hydroxylation sites is 1. The second-order valence-corrected chi connectivity index (χ2v) is 4.08. The van der Waals surface area contributed by atoms with E-state index < -0.39 is 33.8 Å². The first-order valence-electron chi connectivity index (χ1n) is 5.69. The van der Waals surface area contributed by atoms with Crippen molar-refractivity contribution in [2.75, 3.05) is 11.1 Å². The summed E-state index contributed by atoms with van der Waals surface area (Å²) in [5.74, 6) is -2.58. The quantitative estimate of drug-likeness (QED) is 0.516. The van der Waals surface area contributed by atoms with E-state index >= 15 is 0 Å². The Kier molecular flexibility index (Phi) is 3.79. The molecule has 0 heterocycles. The van der Waals surface area contributed by atoms with Crippen LogP contribution in [0.3, 0.4) is 0 Å². The van der Waals surface area contributed by atoms with E-state index in [2.05, 4.69) is 5.32 Å². The summed E-state index contributed by atoms with van der Waals surface area (Å²) >= 11 is 0. The van der Waals surface area contributed by atoms with Gasteiger partial charge in [0.25, 0.3) is 5.91 Å². The van der Waals surface area contributed by atoms with Gasteiger partial charge >= 0.3 is 5.69 Å². The van der Waals surface area contributed by atoms with Gasteiger partial charge in [-0.1, -0.05) is 6.07 Å². The van der Waals surface area contributed by atoms with Crippen molar-refractivity contribution in [3.63, 3.8) is 0 Å². The van der Waals surface area contributed by atoms with E-state index in [-0.39, 0.29) is 11.3 Å². The highest BCUT2D eigenvalue weighted by Gasteiger charge is 2.23. The number of nitrogens with one attached hydrogen (secondary N) is 1. The molecule has 0 spiro atoms. The first-order chi connectivity index (χ1) is 9.90. The monoisotopic (exact) mass is 293 g/mol. The van der Waals surface area contributed by atoms with Crippen LogP contribution in [0.1, 0.15) is 10.4 Å². The number of rotatable bonds is 3. The highest BCUT2D eigenvalue weighted by molar-refractivity contribution is 6.08. The Morgan fingerprint density at radius 2 is 1.95 bits per heavy atom. The summed E-state index contributed by atoms with van der Waals surface area (Å²) in [6, 6.07) is 6.26. The van der Waals surface area contributed by atoms with Crippen LogP contribution in [-0.2, 0) is 0 Å². The van der Waals surface area contributed by atoms with Crippen LogP contribution in [0.2, 0.25) is 0 Å². The van der Waals surface area contributed by atoms with Crippen LogP contribution >= 0.6 is 0 Å². The molecule has 8 heteroatoms. The summed E-state index contributed by atoms with van der Waals surface area (Å²) in [6.45, 7) is 0. The number of nitrogens with zero attached hydrogens (tertiary/aromatic N) is 1. The zero-order valence-corrected chi connectivity index (χ0v) is 10.5. The lowest BCUT2D eigenvalue weighted by Crippen LogP contribution is -2.15. The van der Waals surface area contributed by atoms with Gasteiger partial charge in [0, 0.05) is 6.07 Å². The average molecular weight is 293 g/mol. The second-order valence-electron chi connectivity index (χ2n) is 4.08. The van der Waals surface area contributed by atoms with Gasteiger partial charge in [0.15, 0.2) is 0 Å². The summed E-state index contributed by atoms with van der Waals surface area (Å²) in [4.78, 5) is 22.1. The smallest absolute Gasteiger partial charge is 0.304 e. The minimum atomic E-state index is -0.960. The minimum Gasteiger partial charge on any atom is -0.393 e. The van der Waals surface area contributed by atoms with Crippen LogP contribution in [0.4, 0.5) is 25.8 Å². The predicted octanol–water partition coefficient (Wildman–Crippen LogP) is 2.71. The van der Waals surface area contributed by atoms with Crippen molar-refractivity contribution < 1.29 is 18.5 Å². The van der Waals surface area contributed by atoms with Gasteiger partial charge in [-0.2, -0.15) is 0 Å². The highest BCUT2D eigenvalue weighted by atomic mass is 19.1. The number of amides is 1. The molecule has 0 bridgehead atoms. The molecular formula is C13H9F2N3O3. The largest absolute Gasteiger partial charge is 0.393 e. The lowest BCUT2D eigenvalue weighted by molar-refractivity contribution is -0.384. The van der Waals surface area contributed by atoms with Crippen LogP contribution in [0.25, 0.3) is 0 Å². The van der Waals surface area contributed by atoms with Gasteiger partial charge in [-0.05, 0) is 24.3 Å². The minimum absolute atomic E-state index is 0.202. The SMILES string of the molecule is Nc1cccc(C(=O)Nc2cc(F)ccc2F)c1[N+](=O)[O-]. The van der Waals surface area contributed by atoms with Crippen molar-refractivity contribution in [2.45, 2.75) is 0 Å². The Balaban J connectivity index is 2.40. The van der Waals surface area contributed by atoms with Gasteiger partial charge in [-0.3, -0.25) is 14.9 Å². The summed E-state index contributed by atoms with van der Waals surface area (Å²) < 4.78 is 26.5. The lowest BCUT2D eigenvalue weighted by atomic mass is 10.1. The molecule has 0 radical (unpaired) electrons. The molecule has 0 unspecified atom stereocenters.